The Balaban J connectivity index is 2.06. The van der Waals surface area contributed by atoms with Crippen molar-refractivity contribution in [1.82, 2.24) is 0 Å². The number of primary amides is 1. The lowest BCUT2D eigenvalue weighted by atomic mass is 9.79. The molecule has 1 aliphatic carbocycles. The molecule has 0 spiro atoms. The van der Waals surface area contributed by atoms with Crippen molar-refractivity contribution in [3.05, 3.63) is 30.3 Å². The van der Waals surface area contributed by atoms with Crippen molar-refractivity contribution in [1.29, 1.82) is 0 Å². The first-order chi connectivity index (χ1) is 8.12. The van der Waals surface area contributed by atoms with E-state index in [2.05, 4.69) is 5.32 Å². The zero-order valence-electron chi connectivity index (χ0n) is 9.31. The molecule has 0 unspecified atom stereocenters. The fraction of sp³-hybridized carbons (Fsp3) is 0.333. The van der Waals surface area contributed by atoms with Gasteiger partial charge >= 0.3 is 6.09 Å². The van der Waals surface area contributed by atoms with Gasteiger partial charge in [-0.25, -0.2) is 4.79 Å². The first kappa shape index (κ1) is 11.4. The molecule has 0 aliphatic heterocycles. The molecule has 0 bridgehead atoms. The van der Waals surface area contributed by atoms with Crippen molar-refractivity contribution in [3.8, 4) is 0 Å². The standard InChI is InChI=1S/C12H14N2O3/c13-11(16)17-12(7-4-8-12)10(15)14-9-5-2-1-3-6-9/h1-3,5-6H,4,7-8H2,(H2,13,16)(H,14,15). The van der Waals surface area contributed by atoms with E-state index in [0.29, 0.717) is 18.5 Å². The van der Waals surface area contributed by atoms with Gasteiger partial charge < -0.3 is 15.8 Å². The molecule has 2 amide bonds. The summed E-state index contributed by atoms with van der Waals surface area (Å²) in [6.45, 7) is 0. The Bertz CT molecular complexity index is 427. The molecular weight excluding hydrogens is 220 g/mol. The maximum Gasteiger partial charge on any atom is 0.405 e. The predicted molar refractivity (Wildman–Crippen MR) is 62.3 cm³/mol. The lowest BCUT2D eigenvalue weighted by Gasteiger charge is -2.38. The number of anilines is 1. The summed E-state index contributed by atoms with van der Waals surface area (Å²) in [7, 11) is 0. The number of carbonyl (C=O) groups excluding carboxylic acids is 2. The molecule has 90 valence electrons. The van der Waals surface area contributed by atoms with Crippen molar-refractivity contribution in [2.75, 3.05) is 5.32 Å². The van der Waals surface area contributed by atoms with Crippen LogP contribution in [-0.4, -0.2) is 17.6 Å². The van der Waals surface area contributed by atoms with Crippen molar-refractivity contribution in [2.45, 2.75) is 24.9 Å². The minimum absolute atomic E-state index is 0.311. The lowest BCUT2D eigenvalue weighted by molar-refractivity contribution is -0.142. The van der Waals surface area contributed by atoms with Crippen LogP contribution in [0.2, 0.25) is 0 Å². The van der Waals surface area contributed by atoms with Crippen LogP contribution in [0.15, 0.2) is 30.3 Å². The number of amides is 2. The number of ether oxygens (including phenoxy) is 1. The summed E-state index contributed by atoms with van der Waals surface area (Å²) in [5, 5.41) is 2.72. The molecule has 1 saturated carbocycles. The molecular formula is C12H14N2O3. The van der Waals surface area contributed by atoms with E-state index in [4.69, 9.17) is 10.5 Å². The smallest absolute Gasteiger partial charge is 0.405 e. The van der Waals surface area contributed by atoms with Gasteiger partial charge in [-0.2, -0.15) is 0 Å². The van der Waals surface area contributed by atoms with E-state index in [0.717, 1.165) is 6.42 Å². The molecule has 1 aromatic carbocycles. The van der Waals surface area contributed by atoms with E-state index >= 15 is 0 Å². The van der Waals surface area contributed by atoms with Gasteiger partial charge in [0.25, 0.3) is 5.91 Å². The van der Waals surface area contributed by atoms with Crippen LogP contribution in [0.1, 0.15) is 19.3 Å². The van der Waals surface area contributed by atoms with E-state index in [1.807, 2.05) is 18.2 Å². The predicted octanol–water partition coefficient (Wildman–Crippen LogP) is 1.64. The summed E-state index contributed by atoms with van der Waals surface area (Å²) in [5.74, 6) is -0.311. The monoisotopic (exact) mass is 234 g/mol. The molecule has 2 rings (SSSR count). The SMILES string of the molecule is NC(=O)OC1(C(=O)Nc2ccccc2)CCC1. The van der Waals surface area contributed by atoms with Crippen LogP contribution in [0.5, 0.6) is 0 Å². The highest BCUT2D eigenvalue weighted by atomic mass is 16.6. The molecule has 0 atom stereocenters. The van der Waals surface area contributed by atoms with Gasteiger partial charge in [-0.3, -0.25) is 4.79 Å². The Hall–Kier alpha value is -2.04. The van der Waals surface area contributed by atoms with Gasteiger partial charge in [-0.1, -0.05) is 18.2 Å². The number of benzene rings is 1. The number of nitrogens with one attached hydrogen (secondary N) is 1. The largest absolute Gasteiger partial charge is 0.433 e. The van der Waals surface area contributed by atoms with Gasteiger partial charge in [-0.15, -0.1) is 0 Å². The molecule has 0 aromatic heterocycles. The van der Waals surface area contributed by atoms with Gasteiger partial charge in [-0.05, 0) is 31.4 Å². The summed E-state index contributed by atoms with van der Waals surface area (Å²) in [6.07, 6.45) is 0.992. The minimum Gasteiger partial charge on any atom is -0.433 e. The highest BCUT2D eigenvalue weighted by Gasteiger charge is 2.47. The van der Waals surface area contributed by atoms with Crippen molar-refractivity contribution >= 4 is 17.7 Å². The number of hydrogen-bond acceptors (Lipinski definition) is 3. The Morgan fingerprint density at radius 2 is 1.88 bits per heavy atom. The summed E-state index contributed by atoms with van der Waals surface area (Å²) >= 11 is 0. The van der Waals surface area contributed by atoms with Crippen LogP contribution in [0.25, 0.3) is 0 Å². The Morgan fingerprint density at radius 1 is 1.24 bits per heavy atom. The molecule has 5 nitrogen and oxygen atoms in total. The minimum atomic E-state index is -1.07. The van der Waals surface area contributed by atoms with Gasteiger partial charge in [0.05, 0.1) is 0 Å². The molecule has 3 N–H and O–H groups in total. The fourth-order valence-corrected chi connectivity index (χ4v) is 1.83. The first-order valence-corrected chi connectivity index (χ1v) is 5.47. The van der Waals surface area contributed by atoms with Crippen LogP contribution in [-0.2, 0) is 9.53 Å². The molecule has 1 aliphatic rings. The molecule has 1 fully saturated rings. The van der Waals surface area contributed by atoms with Crippen LogP contribution in [0.3, 0.4) is 0 Å². The van der Waals surface area contributed by atoms with E-state index in [1.54, 1.807) is 12.1 Å². The zero-order chi connectivity index (χ0) is 12.3. The number of para-hydroxylation sites is 1. The highest BCUT2D eigenvalue weighted by molar-refractivity contribution is 5.99. The summed E-state index contributed by atoms with van der Waals surface area (Å²) in [6, 6.07) is 9.04. The van der Waals surface area contributed by atoms with Crippen LogP contribution in [0, 0.1) is 0 Å². The third kappa shape index (κ3) is 2.38. The molecule has 1 aromatic rings. The maximum absolute atomic E-state index is 12.0. The van der Waals surface area contributed by atoms with Crippen molar-refractivity contribution in [3.63, 3.8) is 0 Å². The van der Waals surface area contributed by atoms with Gasteiger partial charge in [0.15, 0.2) is 5.60 Å². The van der Waals surface area contributed by atoms with Gasteiger partial charge in [0.1, 0.15) is 0 Å². The third-order valence-corrected chi connectivity index (χ3v) is 2.90. The summed E-state index contributed by atoms with van der Waals surface area (Å²) in [5.41, 5.74) is 4.59. The van der Waals surface area contributed by atoms with E-state index in [1.165, 1.54) is 0 Å². The quantitative estimate of drug-likeness (QED) is 0.834. The van der Waals surface area contributed by atoms with Crippen molar-refractivity contribution < 1.29 is 14.3 Å². The molecule has 0 radical (unpaired) electrons. The van der Waals surface area contributed by atoms with E-state index < -0.39 is 11.7 Å². The Morgan fingerprint density at radius 3 is 2.35 bits per heavy atom. The second kappa shape index (κ2) is 4.45. The average Bonchev–Trinajstić information content (AvgIpc) is 2.24. The second-order valence-corrected chi connectivity index (χ2v) is 4.09. The third-order valence-electron chi connectivity index (χ3n) is 2.90. The summed E-state index contributed by atoms with van der Waals surface area (Å²) in [4.78, 5) is 22.8. The average molecular weight is 234 g/mol. The topological polar surface area (TPSA) is 81.4 Å². The normalized spacial score (nSPS) is 16.7. The van der Waals surface area contributed by atoms with Crippen LogP contribution < -0.4 is 11.1 Å². The lowest BCUT2D eigenvalue weighted by Crippen LogP contribution is -2.52. The van der Waals surface area contributed by atoms with Gasteiger partial charge in [0, 0.05) is 5.69 Å². The zero-order valence-corrected chi connectivity index (χ0v) is 9.31. The second-order valence-electron chi connectivity index (χ2n) is 4.09. The Kier molecular flexibility index (Phi) is 2.99. The van der Waals surface area contributed by atoms with E-state index in [-0.39, 0.29) is 5.91 Å². The molecule has 0 heterocycles. The van der Waals surface area contributed by atoms with Crippen molar-refractivity contribution in [2.24, 2.45) is 5.73 Å². The van der Waals surface area contributed by atoms with Gasteiger partial charge in [0.2, 0.25) is 0 Å². The molecule has 5 heteroatoms. The number of carbonyl (C=O) groups is 2. The fourth-order valence-electron chi connectivity index (χ4n) is 1.83. The molecule has 17 heavy (non-hydrogen) atoms. The maximum atomic E-state index is 12.0. The highest BCUT2D eigenvalue weighted by Crippen LogP contribution is 2.36. The van der Waals surface area contributed by atoms with E-state index in [9.17, 15) is 9.59 Å². The molecule has 0 saturated heterocycles. The summed E-state index contributed by atoms with van der Waals surface area (Å²) < 4.78 is 4.93. The van der Waals surface area contributed by atoms with Crippen LogP contribution >= 0.6 is 0 Å². The Labute approximate surface area is 98.9 Å². The van der Waals surface area contributed by atoms with Crippen LogP contribution in [0.4, 0.5) is 10.5 Å². The first-order valence-electron chi connectivity index (χ1n) is 5.47. The number of nitrogens with two attached hydrogens (primary N) is 1. The number of hydrogen-bond donors (Lipinski definition) is 2. The number of rotatable bonds is 3.